The van der Waals surface area contributed by atoms with Crippen molar-refractivity contribution < 1.29 is 5.11 Å². The molecule has 1 heteroatoms. The van der Waals surface area contributed by atoms with Gasteiger partial charge in [-0.25, -0.2) is 0 Å². The first-order valence-electron chi connectivity index (χ1n) is 3.81. The van der Waals surface area contributed by atoms with Crippen LogP contribution in [0.4, 0.5) is 0 Å². The fourth-order valence-corrected chi connectivity index (χ4v) is 0.810. The number of aliphatic hydroxyl groups is 1. The summed E-state index contributed by atoms with van der Waals surface area (Å²) in [5.74, 6) is 0. The van der Waals surface area contributed by atoms with Crippen molar-refractivity contribution in [3.8, 4) is 0 Å². The Hall–Kier alpha value is -0.0400. The predicted molar refractivity (Wildman–Crippen MR) is 40.1 cm³/mol. The van der Waals surface area contributed by atoms with E-state index in [1.807, 2.05) is 0 Å². The highest BCUT2D eigenvalue weighted by molar-refractivity contribution is 4.67. The fraction of sp³-hybridized carbons (Fsp3) is 0.875. The largest absolute Gasteiger partial charge is 0.393 e. The summed E-state index contributed by atoms with van der Waals surface area (Å²) in [6, 6.07) is 0. The maximum absolute atomic E-state index is 9.15. The van der Waals surface area contributed by atoms with Crippen molar-refractivity contribution in [3.63, 3.8) is 0 Å². The van der Waals surface area contributed by atoms with Crippen LogP contribution < -0.4 is 0 Å². The van der Waals surface area contributed by atoms with Crippen molar-refractivity contribution in [1.29, 1.82) is 0 Å². The SMILES string of the molecule is CC[CH]CC(O)CCC. The van der Waals surface area contributed by atoms with Gasteiger partial charge in [-0.2, -0.15) is 0 Å². The lowest BCUT2D eigenvalue weighted by molar-refractivity contribution is 0.162. The lowest BCUT2D eigenvalue weighted by Crippen LogP contribution is -2.04. The van der Waals surface area contributed by atoms with E-state index in [0.29, 0.717) is 0 Å². The van der Waals surface area contributed by atoms with E-state index in [9.17, 15) is 0 Å². The minimum absolute atomic E-state index is 0.0880. The molecule has 0 rings (SSSR count). The Morgan fingerprint density at radius 3 is 2.56 bits per heavy atom. The molecule has 0 spiro atoms. The van der Waals surface area contributed by atoms with Crippen molar-refractivity contribution in [2.75, 3.05) is 0 Å². The predicted octanol–water partition coefficient (Wildman–Crippen LogP) is 2.15. The average molecular weight is 129 g/mol. The third kappa shape index (κ3) is 5.84. The van der Waals surface area contributed by atoms with Gasteiger partial charge in [0, 0.05) is 0 Å². The lowest BCUT2D eigenvalue weighted by atomic mass is 10.1. The quantitative estimate of drug-likeness (QED) is 0.603. The van der Waals surface area contributed by atoms with Gasteiger partial charge in [0.2, 0.25) is 0 Å². The van der Waals surface area contributed by atoms with Gasteiger partial charge >= 0.3 is 0 Å². The first-order valence-corrected chi connectivity index (χ1v) is 3.81. The molecule has 1 unspecified atom stereocenters. The maximum Gasteiger partial charge on any atom is 0.0542 e. The summed E-state index contributed by atoms with van der Waals surface area (Å²) in [5, 5.41) is 9.15. The topological polar surface area (TPSA) is 20.2 Å². The molecule has 1 nitrogen and oxygen atoms in total. The first-order chi connectivity index (χ1) is 4.31. The van der Waals surface area contributed by atoms with Gasteiger partial charge in [0.15, 0.2) is 0 Å². The van der Waals surface area contributed by atoms with Crippen molar-refractivity contribution in [1.82, 2.24) is 0 Å². The Kier molecular flexibility index (Phi) is 6.06. The number of unbranched alkanes of at least 4 members (excludes halogenated alkanes) is 1. The van der Waals surface area contributed by atoms with Crippen molar-refractivity contribution in [3.05, 3.63) is 6.42 Å². The van der Waals surface area contributed by atoms with E-state index < -0.39 is 0 Å². The molecule has 0 aromatic rings. The van der Waals surface area contributed by atoms with Gasteiger partial charge in [0.1, 0.15) is 0 Å². The Morgan fingerprint density at radius 1 is 1.44 bits per heavy atom. The van der Waals surface area contributed by atoms with E-state index in [-0.39, 0.29) is 6.10 Å². The second-order valence-corrected chi connectivity index (χ2v) is 2.38. The Bertz CT molecular complexity index is 52.5. The molecule has 1 N–H and O–H groups in total. The van der Waals surface area contributed by atoms with Crippen LogP contribution in [0.2, 0.25) is 0 Å². The van der Waals surface area contributed by atoms with Crippen LogP contribution in [0.15, 0.2) is 0 Å². The van der Waals surface area contributed by atoms with Crippen molar-refractivity contribution >= 4 is 0 Å². The van der Waals surface area contributed by atoms with Crippen LogP contribution in [0.1, 0.15) is 39.5 Å². The van der Waals surface area contributed by atoms with Gasteiger partial charge in [-0.15, -0.1) is 0 Å². The summed E-state index contributed by atoms with van der Waals surface area (Å²) < 4.78 is 0. The zero-order valence-corrected chi connectivity index (χ0v) is 6.43. The second kappa shape index (κ2) is 6.09. The van der Waals surface area contributed by atoms with E-state index in [1.165, 1.54) is 0 Å². The molecule has 0 aliphatic rings. The summed E-state index contributed by atoms with van der Waals surface area (Å²) in [4.78, 5) is 0. The van der Waals surface area contributed by atoms with Gasteiger partial charge in [0.05, 0.1) is 6.10 Å². The summed E-state index contributed by atoms with van der Waals surface area (Å²) >= 11 is 0. The molecule has 55 valence electrons. The highest BCUT2D eigenvalue weighted by Crippen LogP contribution is 2.04. The van der Waals surface area contributed by atoms with Crippen LogP contribution in [0.25, 0.3) is 0 Å². The highest BCUT2D eigenvalue weighted by atomic mass is 16.3. The lowest BCUT2D eigenvalue weighted by Gasteiger charge is -2.05. The van der Waals surface area contributed by atoms with E-state index in [0.717, 1.165) is 25.7 Å². The molecule has 0 amide bonds. The molecule has 1 atom stereocenters. The summed E-state index contributed by atoms with van der Waals surface area (Å²) in [5.41, 5.74) is 0. The Morgan fingerprint density at radius 2 is 2.11 bits per heavy atom. The summed E-state index contributed by atoms with van der Waals surface area (Å²) in [6.07, 6.45) is 6.00. The molecule has 1 radical (unpaired) electrons. The van der Waals surface area contributed by atoms with Gasteiger partial charge in [-0.05, 0) is 19.3 Å². The molecule has 9 heavy (non-hydrogen) atoms. The molecule has 0 saturated carbocycles. The number of rotatable bonds is 5. The van der Waals surface area contributed by atoms with Crippen LogP contribution in [-0.4, -0.2) is 11.2 Å². The minimum atomic E-state index is -0.0880. The Balaban J connectivity index is 2.95. The number of hydrogen-bond donors (Lipinski definition) is 1. The molecule has 0 aliphatic heterocycles. The third-order valence-electron chi connectivity index (χ3n) is 1.35. The fourth-order valence-electron chi connectivity index (χ4n) is 0.810. The average Bonchev–Trinajstić information content (AvgIpc) is 1.85. The van der Waals surface area contributed by atoms with Crippen LogP contribution >= 0.6 is 0 Å². The van der Waals surface area contributed by atoms with E-state index >= 15 is 0 Å². The normalized spacial score (nSPS) is 13.7. The van der Waals surface area contributed by atoms with Crippen molar-refractivity contribution in [2.45, 2.75) is 45.6 Å². The third-order valence-corrected chi connectivity index (χ3v) is 1.35. The molecule has 0 aromatic carbocycles. The van der Waals surface area contributed by atoms with E-state index in [1.54, 1.807) is 0 Å². The van der Waals surface area contributed by atoms with Gasteiger partial charge in [0.25, 0.3) is 0 Å². The van der Waals surface area contributed by atoms with Crippen molar-refractivity contribution in [2.24, 2.45) is 0 Å². The standard InChI is InChI=1S/C8H17O/c1-3-5-7-8(9)6-4-2/h5,8-9H,3-4,6-7H2,1-2H3. The molecule has 0 heterocycles. The molecule has 0 saturated heterocycles. The van der Waals surface area contributed by atoms with Crippen LogP contribution in [0, 0.1) is 6.42 Å². The van der Waals surface area contributed by atoms with E-state index in [4.69, 9.17) is 5.11 Å². The smallest absolute Gasteiger partial charge is 0.0542 e. The van der Waals surface area contributed by atoms with Crippen LogP contribution in [-0.2, 0) is 0 Å². The summed E-state index contributed by atoms with van der Waals surface area (Å²) in [6.45, 7) is 4.19. The van der Waals surface area contributed by atoms with Crippen LogP contribution in [0.3, 0.4) is 0 Å². The second-order valence-electron chi connectivity index (χ2n) is 2.38. The highest BCUT2D eigenvalue weighted by Gasteiger charge is 1.99. The van der Waals surface area contributed by atoms with Gasteiger partial charge in [-0.1, -0.05) is 26.7 Å². The summed E-state index contributed by atoms with van der Waals surface area (Å²) in [7, 11) is 0. The zero-order chi connectivity index (χ0) is 7.11. The number of hydrogen-bond acceptors (Lipinski definition) is 1. The zero-order valence-electron chi connectivity index (χ0n) is 6.43. The molecular weight excluding hydrogens is 112 g/mol. The molecule has 0 aromatic heterocycles. The molecule has 0 fully saturated rings. The molecular formula is C8H17O. The monoisotopic (exact) mass is 129 g/mol. The first kappa shape index (κ1) is 8.96. The van der Waals surface area contributed by atoms with E-state index in [2.05, 4.69) is 20.3 Å². The van der Waals surface area contributed by atoms with Gasteiger partial charge in [-0.3, -0.25) is 0 Å². The van der Waals surface area contributed by atoms with Gasteiger partial charge < -0.3 is 5.11 Å². The van der Waals surface area contributed by atoms with Crippen LogP contribution in [0.5, 0.6) is 0 Å². The maximum atomic E-state index is 9.15. The molecule has 0 bridgehead atoms. The Labute approximate surface area is 58.1 Å². The number of aliphatic hydroxyl groups excluding tert-OH is 1. The molecule has 0 aliphatic carbocycles. The minimum Gasteiger partial charge on any atom is -0.393 e.